The van der Waals surface area contributed by atoms with E-state index in [2.05, 4.69) is 5.32 Å². The standard InChI is InChI=1S/C13H17FN2O4/c1-13(8-19-2,12(15)18)16-11(17)7-20-10-5-3-9(14)4-6-10/h3-6H,7-8H2,1-2H3,(H2,15,18)(H,16,17). The molecule has 0 saturated carbocycles. The Labute approximate surface area is 116 Å². The third-order valence-corrected chi connectivity index (χ3v) is 2.58. The summed E-state index contributed by atoms with van der Waals surface area (Å²) < 4.78 is 22.7. The van der Waals surface area contributed by atoms with E-state index in [1.54, 1.807) is 0 Å². The number of carbonyl (C=O) groups excluding carboxylic acids is 2. The second-order valence-electron chi connectivity index (χ2n) is 4.42. The molecule has 1 atom stereocenters. The van der Waals surface area contributed by atoms with Crippen LogP contribution in [0.25, 0.3) is 0 Å². The van der Waals surface area contributed by atoms with Crippen molar-refractivity contribution in [2.24, 2.45) is 5.73 Å². The number of carbonyl (C=O) groups is 2. The molecule has 0 heterocycles. The molecule has 1 aromatic carbocycles. The molecule has 7 heteroatoms. The van der Waals surface area contributed by atoms with Crippen LogP contribution < -0.4 is 15.8 Å². The number of rotatable bonds is 7. The molecule has 0 aliphatic rings. The molecule has 110 valence electrons. The van der Waals surface area contributed by atoms with Crippen molar-refractivity contribution in [1.82, 2.24) is 5.32 Å². The van der Waals surface area contributed by atoms with Gasteiger partial charge in [-0.15, -0.1) is 0 Å². The number of nitrogens with one attached hydrogen (secondary N) is 1. The minimum absolute atomic E-state index is 0.0510. The topological polar surface area (TPSA) is 90.7 Å². The van der Waals surface area contributed by atoms with E-state index in [1.165, 1.54) is 38.3 Å². The number of hydrogen-bond acceptors (Lipinski definition) is 4. The highest BCUT2D eigenvalue weighted by Gasteiger charge is 2.33. The molecular formula is C13H17FN2O4. The first-order valence-corrected chi connectivity index (χ1v) is 5.85. The second-order valence-corrected chi connectivity index (χ2v) is 4.42. The van der Waals surface area contributed by atoms with Crippen LogP contribution in [0.4, 0.5) is 4.39 Å². The molecule has 3 N–H and O–H groups in total. The maximum Gasteiger partial charge on any atom is 0.258 e. The smallest absolute Gasteiger partial charge is 0.258 e. The average molecular weight is 284 g/mol. The largest absolute Gasteiger partial charge is 0.484 e. The summed E-state index contributed by atoms with van der Waals surface area (Å²) in [5.74, 6) is -1.31. The van der Waals surface area contributed by atoms with Gasteiger partial charge in [-0.3, -0.25) is 9.59 Å². The number of nitrogens with two attached hydrogens (primary N) is 1. The molecule has 0 aliphatic heterocycles. The summed E-state index contributed by atoms with van der Waals surface area (Å²) in [4.78, 5) is 23.0. The van der Waals surface area contributed by atoms with Crippen LogP contribution in [0.5, 0.6) is 5.75 Å². The van der Waals surface area contributed by atoms with Gasteiger partial charge in [-0.2, -0.15) is 0 Å². The predicted octanol–water partition coefficient (Wildman–Crippen LogP) is 0.211. The van der Waals surface area contributed by atoms with Crippen molar-refractivity contribution in [3.63, 3.8) is 0 Å². The van der Waals surface area contributed by atoms with E-state index in [-0.39, 0.29) is 13.2 Å². The zero-order valence-electron chi connectivity index (χ0n) is 11.3. The number of ether oxygens (including phenoxy) is 2. The van der Waals surface area contributed by atoms with Gasteiger partial charge in [0.05, 0.1) is 6.61 Å². The molecule has 0 radical (unpaired) electrons. The Morgan fingerprint density at radius 3 is 2.45 bits per heavy atom. The molecule has 6 nitrogen and oxygen atoms in total. The van der Waals surface area contributed by atoms with E-state index in [1.807, 2.05) is 0 Å². The molecule has 0 saturated heterocycles. The number of primary amides is 1. The summed E-state index contributed by atoms with van der Waals surface area (Å²) in [7, 11) is 1.39. The van der Waals surface area contributed by atoms with E-state index >= 15 is 0 Å². The molecule has 0 fully saturated rings. The van der Waals surface area contributed by atoms with E-state index < -0.39 is 23.2 Å². The highest BCUT2D eigenvalue weighted by molar-refractivity contribution is 5.90. The highest BCUT2D eigenvalue weighted by Crippen LogP contribution is 2.11. The van der Waals surface area contributed by atoms with Crippen molar-refractivity contribution >= 4 is 11.8 Å². The second kappa shape index (κ2) is 6.85. The van der Waals surface area contributed by atoms with Gasteiger partial charge in [0.25, 0.3) is 5.91 Å². The van der Waals surface area contributed by atoms with E-state index in [9.17, 15) is 14.0 Å². The maximum atomic E-state index is 12.7. The maximum absolute atomic E-state index is 12.7. The molecule has 0 spiro atoms. The fourth-order valence-corrected chi connectivity index (χ4v) is 1.48. The Morgan fingerprint density at radius 2 is 1.95 bits per heavy atom. The normalized spacial score (nSPS) is 13.3. The minimum Gasteiger partial charge on any atom is -0.484 e. The Morgan fingerprint density at radius 1 is 1.35 bits per heavy atom. The van der Waals surface area contributed by atoms with Gasteiger partial charge in [0.15, 0.2) is 6.61 Å². The van der Waals surface area contributed by atoms with E-state index in [0.717, 1.165) is 0 Å². The van der Waals surface area contributed by atoms with Gasteiger partial charge in [0, 0.05) is 7.11 Å². The zero-order chi connectivity index (χ0) is 15.2. The number of benzene rings is 1. The minimum atomic E-state index is -1.31. The van der Waals surface area contributed by atoms with Crippen LogP contribution in [0.2, 0.25) is 0 Å². The third kappa shape index (κ3) is 4.51. The van der Waals surface area contributed by atoms with Crippen LogP contribution >= 0.6 is 0 Å². The van der Waals surface area contributed by atoms with Gasteiger partial charge in [0.1, 0.15) is 17.1 Å². The van der Waals surface area contributed by atoms with Gasteiger partial charge in [-0.25, -0.2) is 4.39 Å². The van der Waals surface area contributed by atoms with Gasteiger partial charge < -0.3 is 20.5 Å². The van der Waals surface area contributed by atoms with Crippen molar-refractivity contribution < 1.29 is 23.5 Å². The summed E-state index contributed by atoms with van der Waals surface area (Å²) >= 11 is 0. The van der Waals surface area contributed by atoms with Crippen molar-refractivity contribution in [2.75, 3.05) is 20.3 Å². The highest BCUT2D eigenvalue weighted by atomic mass is 19.1. The summed E-state index contributed by atoms with van der Waals surface area (Å²) in [6.07, 6.45) is 0. The van der Waals surface area contributed by atoms with Gasteiger partial charge in [0.2, 0.25) is 5.91 Å². The molecular weight excluding hydrogens is 267 g/mol. The van der Waals surface area contributed by atoms with Crippen LogP contribution in [-0.4, -0.2) is 37.7 Å². The monoisotopic (exact) mass is 284 g/mol. The lowest BCUT2D eigenvalue weighted by Crippen LogP contribution is -2.59. The SMILES string of the molecule is COCC(C)(NC(=O)COc1ccc(F)cc1)C(N)=O. The Bertz CT molecular complexity index is 478. The van der Waals surface area contributed by atoms with E-state index in [4.69, 9.17) is 15.2 Å². The number of hydrogen-bond donors (Lipinski definition) is 2. The summed E-state index contributed by atoms with van der Waals surface area (Å²) in [5.41, 5.74) is 3.91. The first-order chi connectivity index (χ1) is 9.37. The van der Waals surface area contributed by atoms with Gasteiger partial charge >= 0.3 is 0 Å². The van der Waals surface area contributed by atoms with Gasteiger partial charge in [-0.05, 0) is 31.2 Å². The quantitative estimate of drug-likeness (QED) is 0.749. The third-order valence-electron chi connectivity index (χ3n) is 2.58. The Kier molecular flexibility index (Phi) is 5.45. The zero-order valence-corrected chi connectivity index (χ0v) is 11.3. The van der Waals surface area contributed by atoms with Crippen molar-refractivity contribution in [2.45, 2.75) is 12.5 Å². The Hall–Kier alpha value is -2.15. The molecule has 1 rings (SSSR count). The molecule has 0 aliphatic carbocycles. The van der Waals surface area contributed by atoms with Crippen LogP contribution in [0.15, 0.2) is 24.3 Å². The first-order valence-electron chi connectivity index (χ1n) is 5.85. The lowest BCUT2D eigenvalue weighted by atomic mass is 10.0. The fourth-order valence-electron chi connectivity index (χ4n) is 1.48. The van der Waals surface area contributed by atoms with Crippen molar-refractivity contribution in [3.05, 3.63) is 30.1 Å². The van der Waals surface area contributed by atoms with E-state index in [0.29, 0.717) is 5.75 Å². The van der Waals surface area contributed by atoms with Crippen LogP contribution in [0.1, 0.15) is 6.92 Å². The summed E-state index contributed by atoms with van der Waals surface area (Å²) in [6.45, 7) is 1.08. The van der Waals surface area contributed by atoms with Crippen LogP contribution in [-0.2, 0) is 14.3 Å². The summed E-state index contributed by atoms with van der Waals surface area (Å²) in [5, 5.41) is 2.44. The lowest BCUT2D eigenvalue weighted by Gasteiger charge is -2.26. The average Bonchev–Trinajstić information content (AvgIpc) is 2.38. The molecule has 1 unspecified atom stereocenters. The van der Waals surface area contributed by atoms with Crippen LogP contribution in [0.3, 0.4) is 0 Å². The van der Waals surface area contributed by atoms with Crippen molar-refractivity contribution in [3.8, 4) is 5.75 Å². The molecule has 0 bridgehead atoms. The fraction of sp³-hybridized carbons (Fsp3) is 0.385. The molecule has 2 amide bonds. The first kappa shape index (κ1) is 15.9. The summed E-state index contributed by atoms with van der Waals surface area (Å²) in [6, 6.07) is 5.22. The van der Waals surface area contributed by atoms with Crippen LogP contribution in [0, 0.1) is 5.82 Å². The molecule has 0 aromatic heterocycles. The lowest BCUT2D eigenvalue weighted by molar-refractivity contribution is -0.134. The number of methoxy groups -OCH3 is 1. The molecule has 20 heavy (non-hydrogen) atoms. The predicted molar refractivity (Wildman–Crippen MR) is 69.5 cm³/mol. The number of halogens is 1. The Balaban J connectivity index is 2.54. The molecule has 1 aromatic rings. The van der Waals surface area contributed by atoms with Crippen molar-refractivity contribution in [1.29, 1.82) is 0 Å². The van der Waals surface area contributed by atoms with Gasteiger partial charge in [-0.1, -0.05) is 0 Å². The number of amides is 2.